The van der Waals surface area contributed by atoms with Gasteiger partial charge in [0.25, 0.3) is 11.5 Å². The van der Waals surface area contributed by atoms with Gasteiger partial charge in [-0.05, 0) is 78.3 Å². The molecule has 1 aromatic heterocycles. The average molecular weight is 557 g/mol. The van der Waals surface area contributed by atoms with Crippen LogP contribution >= 0.6 is 0 Å². The van der Waals surface area contributed by atoms with Gasteiger partial charge in [-0.15, -0.1) is 0 Å². The number of aromatic nitrogens is 2. The molecule has 1 amide bonds. The number of ether oxygens (including phenoxy) is 1. The second kappa shape index (κ2) is 11.6. The maximum absolute atomic E-state index is 15.4. The van der Waals surface area contributed by atoms with Gasteiger partial charge in [0.2, 0.25) is 0 Å². The van der Waals surface area contributed by atoms with Gasteiger partial charge in [0.05, 0.1) is 19.5 Å². The summed E-state index contributed by atoms with van der Waals surface area (Å²) in [6.07, 6.45) is 3.67. The molecule has 8 nitrogen and oxygen atoms in total. The molecule has 3 aromatic carbocycles. The molecule has 9 heteroatoms. The zero-order valence-corrected chi connectivity index (χ0v) is 23.5. The van der Waals surface area contributed by atoms with Crippen LogP contribution in [0.5, 0.6) is 5.75 Å². The number of hydrogen-bond acceptors (Lipinski definition) is 6. The Labute approximate surface area is 237 Å². The number of nitrogens with zero attached hydrogens (tertiary/aromatic N) is 2. The molecule has 0 atom stereocenters. The minimum Gasteiger partial charge on any atom is -0.496 e. The number of nitrogens with one attached hydrogen (secondary N) is 2. The number of carbonyl (C=O) groups excluding carboxylic acids is 1. The fraction of sp³-hybridized carbons (Fsp3) is 0.281. The Morgan fingerprint density at radius 1 is 1.10 bits per heavy atom. The summed E-state index contributed by atoms with van der Waals surface area (Å²) in [5.74, 6) is -0.436. The van der Waals surface area contributed by atoms with Crippen LogP contribution in [-0.4, -0.2) is 39.8 Å². The monoisotopic (exact) mass is 556 g/mol. The fourth-order valence-electron chi connectivity index (χ4n) is 5.28. The second-order valence-corrected chi connectivity index (χ2v) is 10.5. The van der Waals surface area contributed by atoms with Gasteiger partial charge < -0.3 is 25.0 Å². The molecule has 0 spiro atoms. The lowest BCUT2D eigenvalue weighted by molar-refractivity contribution is 0.0617. The van der Waals surface area contributed by atoms with E-state index in [1.165, 1.54) is 30.3 Å². The number of benzene rings is 3. The lowest BCUT2D eigenvalue weighted by Gasteiger charge is -2.32. The quantitative estimate of drug-likeness (QED) is 0.290. The van der Waals surface area contributed by atoms with Crippen molar-refractivity contribution in [2.24, 2.45) is 7.05 Å². The summed E-state index contributed by atoms with van der Waals surface area (Å²) in [5, 5.41) is 15.7. The number of anilines is 1. The predicted molar refractivity (Wildman–Crippen MR) is 157 cm³/mol. The minimum atomic E-state index is -0.532. The van der Waals surface area contributed by atoms with E-state index in [1.54, 1.807) is 13.1 Å². The summed E-state index contributed by atoms with van der Waals surface area (Å²) in [6, 6.07) is 15.0. The number of aliphatic hydroxyl groups excluding tert-OH is 1. The Bertz CT molecular complexity index is 1680. The van der Waals surface area contributed by atoms with Crippen LogP contribution in [0.25, 0.3) is 22.3 Å². The molecule has 1 saturated carbocycles. The van der Waals surface area contributed by atoms with Crippen LogP contribution in [0.3, 0.4) is 0 Å². The first-order valence-corrected chi connectivity index (χ1v) is 13.5. The molecule has 1 fully saturated rings. The molecule has 0 aliphatic heterocycles. The van der Waals surface area contributed by atoms with E-state index in [1.807, 2.05) is 50.2 Å². The molecule has 1 aliphatic rings. The maximum Gasteiger partial charge on any atom is 0.265 e. The van der Waals surface area contributed by atoms with Gasteiger partial charge in [-0.3, -0.25) is 9.59 Å². The molecule has 1 heterocycles. The number of hydrogen-bond donors (Lipinski definition) is 3. The standard InChI is InChI=1S/C32H33FN4O4/c1-18-23(20-11-28(33)26(30(12-20)41-4)16-35-21-13-22(38)14-21)7-5-8-24(18)25-9-6-10-29(19(25)2)36-31(39)27-15-34-17-37(3)32(27)40/h5-12,15,17,21-22,35,38H,13-14,16H2,1-4H3,(H,36,39). The molecule has 0 radical (unpaired) electrons. The second-order valence-electron chi connectivity index (χ2n) is 10.5. The van der Waals surface area contributed by atoms with Crippen LogP contribution in [-0.2, 0) is 13.6 Å². The Kier molecular flexibility index (Phi) is 8.01. The molecular formula is C32H33FN4O4. The van der Waals surface area contributed by atoms with Gasteiger partial charge in [-0.25, -0.2) is 9.37 Å². The highest BCUT2D eigenvalue weighted by Gasteiger charge is 2.27. The number of aliphatic hydroxyl groups is 1. The fourth-order valence-corrected chi connectivity index (χ4v) is 5.28. The van der Waals surface area contributed by atoms with E-state index < -0.39 is 11.5 Å². The van der Waals surface area contributed by atoms with Crippen molar-refractivity contribution in [2.45, 2.75) is 45.4 Å². The normalized spacial score (nSPS) is 16.2. The van der Waals surface area contributed by atoms with Crippen molar-refractivity contribution in [3.63, 3.8) is 0 Å². The molecule has 212 valence electrons. The number of halogens is 1. The van der Waals surface area contributed by atoms with Gasteiger partial charge >= 0.3 is 0 Å². The highest BCUT2D eigenvalue weighted by Crippen LogP contribution is 2.38. The van der Waals surface area contributed by atoms with E-state index in [2.05, 4.69) is 15.6 Å². The number of carbonyl (C=O) groups is 1. The predicted octanol–water partition coefficient (Wildman–Crippen LogP) is 4.74. The summed E-state index contributed by atoms with van der Waals surface area (Å²) in [5.41, 5.74) is 5.70. The number of amides is 1. The Balaban J connectivity index is 1.45. The molecule has 0 unspecified atom stereocenters. The smallest absolute Gasteiger partial charge is 0.265 e. The van der Waals surface area contributed by atoms with Gasteiger partial charge in [-0.1, -0.05) is 30.3 Å². The molecule has 4 aromatic rings. The van der Waals surface area contributed by atoms with E-state index >= 15 is 4.39 Å². The zero-order valence-electron chi connectivity index (χ0n) is 23.5. The van der Waals surface area contributed by atoms with Crippen molar-refractivity contribution in [3.05, 3.63) is 99.5 Å². The summed E-state index contributed by atoms with van der Waals surface area (Å²) in [4.78, 5) is 29.2. The number of methoxy groups -OCH3 is 1. The van der Waals surface area contributed by atoms with Crippen molar-refractivity contribution in [3.8, 4) is 28.0 Å². The summed E-state index contributed by atoms with van der Waals surface area (Å²) < 4.78 is 22.2. The molecule has 1 aliphatic carbocycles. The highest BCUT2D eigenvalue weighted by atomic mass is 19.1. The number of rotatable bonds is 8. The molecule has 0 saturated heterocycles. The first kappa shape index (κ1) is 28.2. The largest absolute Gasteiger partial charge is 0.496 e. The third-order valence-corrected chi connectivity index (χ3v) is 7.81. The van der Waals surface area contributed by atoms with E-state index in [9.17, 15) is 14.7 Å². The van der Waals surface area contributed by atoms with E-state index in [-0.39, 0.29) is 23.5 Å². The molecule has 41 heavy (non-hydrogen) atoms. The SMILES string of the molecule is COc1cc(-c2cccc(-c3cccc(NC(=O)c4cncn(C)c4=O)c3C)c2C)cc(F)c1CNC1CC(O)C1. The van der Waals surface area contributed by atoms with Gasteiger partial charge in [-0.2, -0.15) is 0 Å². The lowest BCUT2D eigenvalue weighted by Crippen LogP contribution is -2.43. The van der Waals surface area contributed by atoms with E-state index in [0.29, 0.717) is 42.0 Å². The Morgan fingerprint density at radius 2 is 1.78 bits per heavy atom. The van der Waals surface area contributed by atoms with Crippen molar-refractivity contribution in [2.75, 3.05) is 12.4 Å². The van der Waals surface area contributed by atoms with Crippen LogP contribution < -0.4 is 20.9 Å². The Hall–Kier alpha value is -4.34. The summed E-state index contributed by atoms with van der Waals surface area (Å²) >= 11 is 0. The maximum atomic E-state index is 15.4. The van der Waals surface area contributed by atoms with Crippen molar-refractivity contribution in [1.82, 2.24) is 14.9 Å². The first-order valence-electron chi connectivity index (χ1n) is 13.5. The Morgan fingerprint density at radius 3 is 2.49 bits per heavy atom. The molecule has 0 bridgehead atoms. The zero-order chi connectivity index (χ0) is 29.3. The highest BCUT2D eigenvalue weighted by molar-refractivity contribution is 6.04. The minimum absolute atomic E-state index is 0.0436. The van der Waals surface area contributed by atoms with Crippen molar-refractivity contribution >= 4 is 11.6 Å². The van der Waals surface area contributed by atoms with Crippen LogP contribution in [0.2, 0.25) is 0 Å². The lowest BCUT2D eigenvalue weighted by atomic mass is 9.89. The first-order chi connectivity index (χ1) is 19.7. The molecule has 3 N–H and O–H groups in total. The van der Waals surface area contributed by atoms with Crippen LogP contribution in [0.1, 0.15) is 39.9 Å². The van der Waals surface area contributed by atoms with E-state index in [4.69, 9.17) is 4.74 Å². The third-order valence-electron chi connectivity index (χ3n) is 7.81. The van der Waals surface area contributed by atoms with E-state index in [0.717, 1.165) is 27.8 Å². The topological polar surface area (TPSA) is 105 Å². The van der Waals surface area contributed by atoms with Crippen LogP contribution in [0, 0.1) is 19.7 Å². The number of aryl methyl sites for hydroxylation is 1. The van der Waals surface area contributed by atoms with Crippen molar-refractivity contribution < 1.29 is 19.0 Å². The average Bonchev–Trinajstić information content (AvgIpc) is 2.93. The molecular weight excluding hydrogens is 523 g/mol. The van der Waals surface area contributed by atoms with Gasteiger partial charge in [0, 0.05) is 37.1 Å². The molecule has 5 rings (SSSR count). The van der Waals surface area contributed by atoms with Crippen molar-refractivity contribution in [1.29, 1.82) is 0 Å². The van der Waals surface area contributed by atoms with Crippen LogP contribution in [0.15, 0.2) is 65.8 Å². The third kappa shape index (κ3) is 5.64. The van der Waals surface area contributed by atoms with Gasteiger partial charge in [0.1, 0.15) is 17.1 Å². The van der Waals surface area contributed by atoms with Gasteiger partial charge in [0.15, 0.2) is 0 Å². The summed E-state index contributed by atoms with van der Waals surface area (Å²) in [7, 11) is 3.07. The summed E-state index contributed by atoms with van der Waals surface area (Å²) in [6.45, 7) is 4.20. The van der Waals surface area contributed by atoms with Crippen LogP contribution in [0.4, 0.5) is 10.1 Å².